The van der Waals surface area contributed by atoms with Crippen molar-refractivity contribution < 1.29 is 17.9 Å². The number of Topliss-reactive ketones (excluding diaryl/α,β-unsaturated/α-hetero) is 1. The molecule has 0 aliphatic heterocycles. The van der Waals surface area contributed by atoms with Gasteiger partial charge in [0.1, 0.15) is 11.4 Å². The molecule has 2 heterocycles. The predicted molar refractivity (Wildman–Crippen MR) is 95.5 cm³/mol. The van der Waals surface area contributed by atoms with E-state index in [9.17, 15) is 13.2 Å². The van der Waals surface area contributed by atoms with Gasteiger partial charge in [-0.3, -0.25) is 9.20 Å². The van der Waals surface area contributed by atoms with Crippen molar-refractivity contribution >= 4 is 65.3 Å². The fraction of sp³-hybridized carbons (Fsp3) is 0.286. The number of imidazole rings is 1. The SMILES string of the molecule is COCCS(=O)(=O)CC(=O)c1cn2c(n1)sc1c(Cl)c(Cl)ccc12. The number of ether oxygens (including phenoxy) is 1. The Morgan fingerprint density at radius 1 is 1.38 bits per heavy atom. The highest BCUT2D eigenvalue weighted by Crippen LogP contribution is 2.36. The maximum atomic E-state index is 12.2. The Hall–Kier alpha value is -1.19. The first-order valence-corrected chi connectivity index (χ1v) is 10.2. The number of halogens is 2. The van der Waals surface area contributed by atoms with E-state index in [1.165, 1.54) is 24.6 Å². The highest BCUT2D eigenvalue weighted by atomic mass is 35.5. The van der Waals surface area contributed by atoms with Gasteiger partial charge >= 0.3 is 0 Å². The van der Waals surface area contributed by atoms with Crippen LogP contribution in [0.3, 0.4) is 0 Å². The third-order valence-corrected chi connectivity index (χ3v) is 6.89. The molecular weight excluding hydrogens is 395 g/mol. The third-order valence-electron chi connectivity index (χ3n) is 3.39. The van der Waals surface area contributed by atoms with E-state index in [1.807, 2.05) is 0 Å². The normalized spacial score (nSPS) is 12.3. The summed E-state index contributed by atoms with van der Waals surface area (Å²) in [6.45, 7) is 0.0534. The fourth-order valence-corrected chi connectivity index (χ4v) is 4.85. The molecular formula is C14H12Cl2N2O4S2. The van der Waals surface area contributed by atoms with E-state index in [2.05, 4.69) is 4.98 Å². The van der Waals surface area contributed by atoms with E-state index in [0.29, 0.717) is 15.0 Å². The molecule has 0 saturated heterocycles. The van der Waals surface area contributed by atoms with Gasteiger partial charge in [-0.1, -0.05) is 34.5 Å². The Morgan fingerprint density at radius 3 is 2.83 bits per heavy atom. The number of benzene rings is 1. The number of thiazole rings is 1. The molecule has 1 aromatic carbocycles. The second-order valence-electron chi connectivity index (χ2n) is 5.10. The number of methoxy groups -OCH3 is 1. The molecule has 0 aliphatic carbocycles. The summed E-state index contributed by atoms with van der Waals surface area (Å²) in [5.41, 5.74) is 0.869. The third kappa shape index (κ3) is 3.29. The Labute approximate surface area is 151 Å². The quantitative estimate of drug-likeness (QED) is 0.587. The lowest BCUT2D eigenvalue weighted by molar-refractivity contribution is 0.101. The van der Waals surface area contributed by atoms with Gasteiger partial charge in [0.15, 0.2) is 20.6 Å². The summed E-state index contributed by atoms with van der Waals surface area (Å²) >= 11 is 13.5. The van der Waals surface area contributed by atoms with E-state index in [1.54, 1.807) is 16.5 Å². The molecule has 0 N–H and O–H groups in total. The van der Waals surface area contributed by atoms with Crippen LogP contribution in [0.15, 0.2) is 18.3 Å². The van der Waals surface area contributed by atoms with Gasteiger partial charge in [-0.2, -0.15) is 0 Å². The number of carbonyl (C=O) groups is 1. The van der Waals surface area contributed by atoms with Crippen LogP contribution in [0, 0.1) is 0 Å². The second kappa shape index (κ2) is 6.61. The number of carbonyl (C=O) groups excluding carboxylic acids is 1. The van der Waals surface area contributed by atoms with E-state index >= 15 is 0 Å². The number of hydrogen-bond donors (Lipinski definition) is 0. The zero-order valence-electron chi connectivity index (χ0n) is 12.5. The minimum absolute atomic E-state index is 0.0534. The average molecular weight is 407 g/mol. The van der Waals surface area contributed by atoms with Crippen molar-refractivity contribution in [1.29, 1.82) is 0 Å². The van der Waals surface area contributed by atoms with Gasteiger partial charge in [0.05, 0.1) is 32.6 Å². The number of fused-ring (bicyclic) bond motifs is 3. The molecule has 3 rings (SSSR count). The van der Waals surface area contributed by atoms with Crippen LogP contribution in [0.4, 0.5) is 0 Å². The van der Waals surface area contributed by atoms with Crippen LogP contribution in [-0.4, -0.2) is 48.8 Å². The highest BCUT2D eigenvalue weighted by Gasteiger charge is 2.21. The van der Waals surface area contributed by atoms with Crippen LogP contribution in [-0.2, 0) is 14.6 Å². The van der Waals surface area contributed by atoms with Crippen molar-refractivity contribution in [3.8, 4) is 0 Å². The molecule has 0 atom stereocenters. The molecule has 0 bridgehead atoms. The Morgan fingerprint density at radius 2 is 2.12 bits per heavy atom. The van der Waals surface area contributed by atoms with Crippen molar-refractivity contribution in [3.05, 3.63) is 34.1 Å². The number of aromatic nitrogens is 2. The molecule has 0 radical (unpaired) electrons. The molecule has 0 saturated carbocycles. The van der Waals surface area contributed by atoms with Crippen LogP contribution in [0.25, 0.3) is 15.2 Å². The first-order chi connectivity index (χ1) is 11.3. The van der Waals surface area contributed by atoms with Gasteiger partial charge < -0.3 is 4.74 Å². The van der Waals surface area contributed by atoms with Crippen LogP contribution >= 0.6 is 34.5 Å². The molecule has 0 fully saturated rings. The van der Waals surface area contributed by atoms with Crippen molar-refractivity contribution in [3.63, 3.8) is 0 Å². The summed E-state index contributed by atoms with van der Waals surface area (Å²) in [5.74, 6) is -1.34. The first-order valence-electron chi connectivity index (χ1n) is 6.80. The van der Waals surface area contributed by atoms with E-state index in [4.69, 9.17) is 27.9 Å². The number of rotatable bonds is 6. The first kappa shape index (κ1) is 17.6. The lowest BCUT2D eigenvalue weighted by Gasteiger charge is -2.01. The van der Waals surface area contributed by atoms with Crippen LogP contribution in [0.1, 0.15) is 10.5 Å². The largest absolute Gasteiger partial charge is 0.384 e. The number of nitrogens with zero attached hydrogens (tertiary/aromatic N) is 2. The smallest absolute Gasteiger partial charge is 0.197 e. The van der Waals surface area contributed by atoms with E-state index in [-0.39, 0.29) is 18.1 Å². The monoisotopic (exact) mass is 406 g/mol. The number of ketones is 1. The predicted octanol–water partition coefficient (Wildman–Crippen LogP) is 3.10. The minimum Gasteiger partial charge on any atom is -0.384 e. The summed E-state index contributed by atoms with van der Waals surface area (Å²) in [4.78, 5) is 17.0. The minimum atomic E-state index is -3.53. The molecule has 0 spiro atoms. The van der Waals surface area contributed by atoms with Crippen LogP contribution in [0.2, 0.25) is 10.0 Å². The molecule has 0 aliphatic rings. The van der Waals surface area contributed by atoms with Crippen LogP contribution < -0.4 is 0 Å². The summed E-state index contributed by atoms with van der Waals surface area (Å²) in [6, 6.07) is 3.44. The standard InChI is InChI=1S/C14H12Cl2N2O4S2/c1-22-4-5-24(20,21)7-11(19)9-6-18-10-3-2-8(15)12(16)13(10)23-14(18)17-9/h2-3,6H,4-5,7H2,1H3. The molecule has 24 heavy (non-hydrogen) atoms. The van der Waals surface area contributed by atoms with E-state index in [0.717, 1.165) is 10.2 Å². The molecule has 128 valence electrons. The fourth-order valence-electron chi connectivity index (χ4n) is 2.20. The van der Waals surface area contributed by atoms with Crippen molar-refractivity contribution in [1.82, 2.24) is 9.38 Å². The molecule has 3 aromatic rings. The highest BCUT2D eigenvalue weighted by molar-refractivity contribution is 7.92. The van der Waals surface area contributed by atoms with Crippen molar-refractivity contribution in [2.45, 2.75) is 0 Å². The van der Waals surface area contributed by atoms with Gasteiger partial charge in [0.2, 0.25) is 0 Å². The zero-order valence-corrected chi connectivity index (χ0v) is 15.6. The number of sulfone groups is 1. The van der Waals surface area contributed by atoms with Gasteiger partial charge in [-0.05, 0) is 12.1 Å². The number of hydrogen-bond acceptors (Lipinski definition) is 6. The van der Waals surface area contributed by atoms with Crippen molar-refractivity contribution in [2.75, 3.05) is 25.2 Å². The second-order valence-corrected chi connectivity index (χ2v) is 9.05. The maximum absolute atomic E-state index is 12.2. The Balaban J connectivity index is 1.94. The van der Waals surface area contributed by atoms with Gasteiger partial charge in [0.25, 0.3) is 0 Å². The summed E-state index contributed by atoms with van der Waals surface area (Å²) in [6.07, 6.45) is 1.52. The Kier molecular flexibility index (Phi) is 4.85. The van der Waals surface area contributed by atoms with Gasteiger partial charge in [0, 0.05) is 13.3 Å². The molecule has 0 unspecified atom stereocenters. The summed E-state index contributed by atoms with van der Waals surface area (Å²) in [7, 11) is -2.12. The zero-order chi connectivity index (χ0) is 17.5. The topological polar surface area (TPSA) is 77.7 Å². The molecule has 2 aromatic heterocycles. The van der Waals surface area contributed by atoms with Crippen molar-refractivity contribution in [2.24, 2.45) is 0 Å². The summed E-state index contributed by atoms with van der Waals surface area (Å²) in [5, 5.41) is 0.869. The lowest BCUT2D eigenvalue weighted by Crippen LogP contribution is -2.21. The lowest BCUT2D eigenvalue weighted by atomic mass is 10.3. The van der Waals surface area contributed by atoms with Crippen LogP contribution in [0.5, 0.6) is 0 Å². The molecule has 10 heteroatoms. The Bertz CT molecular complexity index is 1040. The average Bonchev–Trinajstić information content (AvgIpc) is 3.07. The summed E-state index contributed by atoms with van der Waals surface area (Å²) < 4.78 is 30.9. The van der Waals surface area contributed by atoms with Gasteiger partial charge in [-0.25, -0.2) is 13.4 Å². The van der Waals surface area contributed by atoms with Gasteiger partial charge in [-0.15, -0.1) is 0 Å². The molecule has 0 amide bonds. The maximum Gasteiger partial charge on any atom is 0.197 e. The van der Waals surface area contributed by atoms with E-state index < -0.39 is 21.4 Å². The molecule has 6 nitrogen and oxygen atoms in total.